The number of thioether (sulfide) groups is 1. The van der Waals surface area contributed by atoms with E-state index in [1.807, 2.05) is 31.4 Å². The quantitative estimate of drug-likeness (QED) is 0.855. The van der Waals surface area contributed by atoms with Crippen molar-refractivity contribution in [2.75, 3.05) is 18.1 Å². The zero-order valence-electron chi connectivity index (χ0n) is 12.1. The molecule has 112 valence electrons. The van der Waals surface area contributed by atoms with E-state index in [0.29, 0.717) is 11.4 Å². The molecule has 0 saturated carbocycles. The van der Waals surface area contributed by atoms with Crippen LogP contribution in [0.1, 0.15) is 5.56 Å². The molecule has 0 fully saturated rings. The predicted octanol–water partition coefficient (Wildman–Crippen LogP) is 3.53. The first-order chi connectivity index (χ1) is 9.96. The molecule has 6 heteroatoms. The van der Waals surface area contributed by atoms with Crippen molar-refractivity contribution in [1.29, 1.82) is 0 Å². The predicted molar refractivity (Wildman–Crippen MR) is 86.8 cm³/mol. The van der Waals surface area contributed by atoms with Crippen LogP contribution in [0.4, 0.5) is 5.69 Å². The fourth-order valence-corrected chi connectivity index (χ4v) is 3.58. The third-order valence-corrected chi connectivity index (χ3v) is 5.10. The monoisotopic (exact) mass is 323 g/mol. The summed E-state index contributed by atoms with van der Waals surface area (Å²) in [5.41, 5.74) is 1.38. The maximum Gasteiger partial charge on any atom is 0.265 e. The number of nitrogens with one attached hydrogen (secondary N) is 1. The lowest BCUT2D eigenvalue weighted by Gasteiger charge is -2.12. The van der Waals surface area contributed by atoms with E-state index < -0.39 is 10.0 Å². The Morgan fingerprint density at radius 3 is 2.33 bits per heavy atom. The van der Waals surface area contributed by atoms with Gasteiger partial charge in [-0.05, 0) is 55.1 Å². The minimum atomic E-state index is -3.68. The van der Waals surface area contributed by atoms with Gasteiger partial charge in [-0.2, -0.15) is 0 Å². The number of rotatable bonds is 5. The highest BCUT2D eigenvalue weighted by atomic mass is 32.2. The van der Waals surface area contributed by atoms with Gasteiger partial charge in [0.2, 0.25) is 0 Å². The van der Waals surface area contributed by atoms with Gasteiger partial charge in [0, 0.05) is 10.6 Å². The van der Waals surface area contributed by atoms with Gasteiger partial charge >= 0.3 is 0 Å². The molecule has 0 spiro atoms. The normalized spacial score (nSPS) is 11.2. The van der Waals surface area contributed by atoms with Crippen LogP contribution in [0.5, 0.6) is 5.75 Å². The summed E-state index contributed by atoms with van der Waals surface area (Å²) in [5, 5.41) is 0. The number of ether oxygens (including phenoxy) is 1. The van der Waals surface area contributed by atoms with Crippen LogP contribution in [0, 0.1) is 6.92 Å². The Morgan fingerprint density at radius 1 is 1.10 bits per heavy atom. The summed E-state index contributed by atoms with van der Waals surface area (Å²) in [6.07, 6.45) is 1.97. The van der Waals surface area contributed by atoms with Gasteiger partial charge in [-0.15, -0.1) is 11.8 Å². The Bertz CT molecular complexity index is 725. The van der Waals surface area contributed by atoms with Gasteiger partial charge in [-0.1, -0.05) is 6.07 Å². The van der Waals surface area contributed by atoms with Crippen LogP contribution < -0.4 is 9.46 Å². The van der Waals surface area contributed by atoms with E-state index in [4.69, 9.17) is 4.74 Å². The van der Waals surface area contributed by atoms with Gasteiger partial charge in [0.05, 0.1) is 7.11 Å². The first kappa shape index (κ1) is 15.7. The SMILES string of the molecule is COc1ccc(C)cc1S(=O)(=O)Nc1ccc(SC)cc1. The van der Waals surface area contributed by atoms with Crippen molar-refractivity contribution in [3.63, 3.8) is 0 Å². The Balaban J connectivity index is 2.35. The zero-order valence-corrected chi connectivity index (χ0v) is 13.7. The largest absolute Gasteiger partial charge is 0.495 e. The summed E-state index contributed by atoms with van der Waals surface area (Å²) in [6, 6.07) is 12.3. The molecule has 0 amide bonds. The van der Waals surface area contributed by atoms with Crippen molar-refractivity contribution in [1.82, 2.24) is 0 Å². The number of anilines is 1. The van der Waals surface area contributed by atoms with Crippen LogP contribution in [0.15, 0.2) is 52.3 Å². The molecule has 0 heterocycles. The number of hydrogen-bond donors (Lipinski definition) is 1. The lowest BCUT2D eigenvalue weighted by atomic mass is 10.2. The summed E-state index contributed by atoms with van der Waals surface area (Å²) in [4.78, 5) is 1.21. The molecule has 21 heavy (non-hydrogen) atoms. The Hall–Kier alpha value is -1.66. The molecule has 0 aliphatic rings. The van der Waals surface area contributed by atoms with Gasteiger partial charge in [-0.3, -0.25) is 4.72 Å². The van der Waals surface area contributed by atoms with Gasteiger partial charge in [0.25, 0.3) is 10.0 Å². The third kappa shape index (κ3) is 3.71. The second-order valence-electron chi connectivity index (χ2n) is 4.49. The fourth-order valence-electron chi connectivity index (χ4n) is 1.86. The molecule has 0 unspecified atom stereocenters. The number of aryl methyl sites for hydroxylation is 1. The van der Waals surface area contributed by atoms with Crippen LogP contribution >= 0.6 is 11.8 Å². The molecule has 0 aromatic heterocycles. The summed E-state index contributed by atoms with van der Waals surface area (Å²) < 4.78 is 32.7. The Labute approximate surface area is 129 Å². The zero-order chi connectivity index (χ0) is 15.5. The first-order valence-corrected chi connectivity index (χ1v) is 8.98. The summed E-state index contributed by atoms with van der Waals surface area (Å²) in [5.74, 6) is 0.328. The topological polar surface area (TPSA) is 55.4 Å². The van der Waals surface area contributed by atoms with Gasteiger partial charge in [-0.25, -0.2) is 8.42 Å². The Kier molecular flexibility index (Phi) is 4.80. The molecule has 2 aromatic rings. The first-order valence-electron chi connectivity index (χ1n) is 6.28. The van der Waals surface area contributed by atoms with Crippen molar-refractivity contribution in [3.8, 4) is 5.75 Å². The molecule has 0 aliphatic carbocycles. The number of sulfonamides is 1. The second kappa shape index (κ2) is 6.41. The van der Waals surface area contributed by atoms with Gasteiger partial charge in [0.15, 0.2) is 0 Å². The van der Waals surface area contributed by atoms with Crippen LogP contribution in [-0.2, 0) is 10.0 Å². The minimum Gasteiger partial charge on any atom is -0.495 e. The van der Waals surface area contributed by atoms with E-state index in [0.717, 1.165) is 10.5 Å². The van der Waals surface area contributed by atoms with E-state index in [1.54, 1.807) is 36.0 Å². The molecule has 0 bridgehead atoms. The van der Waals surface area contributed by atoms with Crippen molar-refractivity contribution in [3.05, 3.63) is 48.0 Å². The minimum absolute atomic E-state index is 0.138. The van der Waals surface area contributed by atoms with E-state index in [2.05, 4.69) is 4.72 Å². The maximum atomic E-state index is 12.5. The third-order valence-electron chi connectivity index (χ3n) is 2.95. The standard InChI is InChI=1S/C15H17NO3S2/c1-11-4-9-14(19-2)15(10-11)21(17,18)16-12-5-7-13(20-3)8-6-12/h4-10,16H,1-3H3. The van der Waals surface area contributed by atoms with Crippen LogP contribution in [0.2, 0.25) is 0 Å². The van der Waals surface area contributed by atoms with Crippen LogP contribution in [0.3, 0.4) is 0 Å². The number of methoxy groups -OCH3 is 1. The van der Waals surface area contributed by atoms with Crippen LogP contribution in [0.25, 0.3) is 0 Å². The summed E-state index contributed by atoms with van der Waals surface area (Å²) >= 11 is 1.60. The molecule has 0 saturated heterocycles. The van der Waals surface area contributed by atoms with Crippen molar-refractivity contribution in [2.45, 2.75) is 16.7 Å². The lowest BCUT2D eigenvalue weighted by molar-refractivity contribution is 0.402. The molecule has 0 atom stereocenters. The van der Waals surface area contributed by atoms with Crippen molar-refractivity contribution < 1.29 is 13.2 Å². The van der Waals surface area contributed by atoms with Gasteiger partial charge < -0.3 is 4.74 Å². The van der Waals surface area contributed by atoms with E-state index in [9.17, 15) is 8.42 Å². The maximum absolute atomic E-state index is 12.5. The molecule has 0 radical (unpaired) electrons. The average molecular weight is 323 g/mol. The van der Waals surface area contributed by atoms with E-state index in [-0.39, 0.29) is 4.90 Å². The number of hydrogen-bond acceptors (Lipinski definition) is 4. The van der Waals surface area contributed by atoms with Crippen molar-refractivity contribution in [2.24, 2.45) is 0 Å². The van der Waals surface area contributed by atoms with Gasteiger partial charge in [0.1, 0.15) is 10.6 Å². The Morgan fingerprint density at radius 2 is 1.76 bits per heavy atom. The highest BCUT2D eigenvalue weighted by Crippen LogP contribution is 2.27. The summed E-state index contributed by atoms with van der Waals surface area (Å²) in [7, 11) is -2.22. The molecule has 1 N–H and O–H groups in total. The smallest absolute Gasteiger partial charge is 0.265 e. The van der Waals surface area contributed by atoms with E-state index in [1.165, 1.54) is 7.11 Å². The molecule has 2 aromatic carbocycles. The second-order valence-corrected chi connectivity index (χ2v) is 7.02. The van der Waals surface area contributed by atoms with Crippen LogP contribution in [-0.4, -0.2) is 21.8 Å². The molecular formula is C15H17NO3S2. The summed E-state index contributed by atoms with van der Waals surface area (Å²) in [6.45, 7) is 1.84. The molecule has 4 nitrogen and oxygen atoms in total. The van der Waals surface area contributed by atoms with E-state index >= 15 is 0 Å². The average Bonchev–Trinajstić information content (AvgIpc) is 2.47. The fraction of sp³-hybridized carbons (Fsp3) is 0.200. The number of benzene rings is 2. The molecule has 0 aliphatic heterocycles. The molecular weight excluding hydrogens is 306 g/mol. The lowest BCUT2D eigenvalue weighted by Crippen LogP contribution is -2.14. The highest BCUT2D eigenvalue weighted by molar-refractivity contribution is 7.98. The van der Waals surface area contributed by atoms with Crippen molar-refractivity contribution >= 4 is 27.5 Å². The highest BCUT2D eigenvalue weighted by Gasteiger charge is 2.19. The molecule has 2 rings (SSSR count).